The van der Waals surface area contributed by atoms with Crippen molar-refractivity contribution >= 4 is 28.8 Å². The zero-order valence-corrected chi connectivity index (χ0v) is 17.5. The van der Waals surface area contributed by atoms with E-state index >= 15 is 0 Å². The molecule has 1 amide bonds. The molecule has 2 aromatic carbocycles. The largest absolute Gasteiger partial charge is 0.486 e. The second kappa shape index (κ2) is 9.71. The standard InChI is InChI=1S/C22H23ClN2O2S/c1-3-20(16-6-4-15(2)5-7-16)25-21(26)12-18-14-28-22(24-18)13-27-19-10-8-17(23)9-11-19/h4-11,14,20H,3,12-13H2,1-2H3,(H,25,26). The molecule has 1 heterocycles. The van der Waals surface area contributed by atoms with Crippen molar-refractivity contribution in [2.75, 3.05) is 0 Å². The van der Waals surface area contributed by atoms with Gasteiger partial charge in [0.25, 0.3) is 0 Å². The molecule has 1 unspecified atom stereocenters. The van der Waals surface area contributed by atoms with Gasteiger partial charge >= 0.3 is 0 Å². The average Bonchev–Trinajstić information content (AvgIpc) is 3.13. The molecule has 4 nitrogen and oxygen atoms in total. The van der Waals surface area contributed by atoms with E-state index < -0.39 is 0 Å². The summed E-state index contributed by atoms with van der Waals surface area (Å²) >= 11 is 7.36. The van der Waals surface area contributed by atoms with Crippen LogP contribution in [0.4, 0.5) is 0 Å². The number of rotatable bonds is 8. The Morgan fingerprint density at radius 1 is 1.18 bits per heavy atom. The number of hydrogen-bond donors (Lipinski definition) is 1. The summed E-state index contributed by atoms with van der Waals surface area (Å²) in [5.41, 5.74) is 3.09. The van der Waals surface area contributed by atoms with Gasteiger partial charge in [-0.15, -0.1) is 11.3 Å². The summed E-state index contributed by atoms with van der Waals surface area (Å²) in [5.74, 6) is 0.714. The molecule has 146 valence electrons. The average molecular weight is 415 g/mol. The highest BCUT2D eigenvalue weighted by Crippen LogP contribution is 2.20. The van der Waals surface area contributed by atoms with Crippen LogP contribution >= 0.6 is 22.9 Å². The van der Waals surface area contributed by atoms with E-state index in [2.05, 4.69) is 48.4 Å². The molecule has 0 radical (unpaired) electrons. The van der Waals surface area contributed by atoms with E-state index in [0.29, 0.717) is 11.6 Å². The highest BCUT2D eigenvalue weighted by molar-refractivity contribution is 7.09. The minimum absolute atomic E-state index is 0.0134. The highest BCUT2D eigenvalue weighted by Gasteiger charge is 2.14. The van der Waals surface area contributed by atoms with Gasteiger partial charge in [-0.3, -0.25) is 4.79 Å². The Morgan fingerprint density at radius 3 is 2.57 bits per heavy atom. The maximum Gasteiger partial charge on any atom is 0.226 e. The summed E-state index contributed by atoms with van der Waals surface area (Å²) in [6, 6.07) is 15.5. The third kappa shape index (κ3) is 5.81. The summed E-state index contributed by atoms with van der Waals surface area (Å²) in [6.45, 7) is 4.49. The van der Waals surface area contributed by atoms with Gasteiger partial charge in [0, 0.05) is 10.4 Å². The van der Waals surface area contributed by atoms with Crippen molar-refractivity contribution in [3.05, 3.63) is 80.8 Å². The van der Waals surface area contributed by atoms with Crippen LogP contribution in [0.3, 0.4) is 0 Å². The quantitative estimate of drug-likeness (QED) is 0.530. The molecule has 3 rings (SSSR count). The summed E-state index contributed by atoms with van der Waals surface area (Å²) in [4.78, 5) is 17.0. The van der Waals surface area contributed by atoms with Gasteiger partial charge in [-0.2, -0.15) is 0 Å². The first kappa shape index (κ1) is 20.4. The van der Waals surface area contributed by atoms with Crippen molar-refractivity contribution in [2.45, 2.75) is 39.3 Å². The number of carbonyl (C=O) groups is 1. The molecule has 0 bridgehead atoms. The molecule has 0 spiro atoms. The van der Waals surface area contributed by atoms with Gasteiger partial charge in [-0.05, 0) is 43.2 Å². The molecule has 0 aliphatic heterocycles. The number of aromatic nitrogens is 1. The van der Waals surface area contributed by atoms with E-state index in [1.165, 1.54) is 16.9 Å². The number of ether oxygens (including phenoxy) is 1. The number of carbonyl (C=O) groups excluding carboxylic acids is 1. The number of nitrogens with zero attached hydrogens (tertiary/aromatic N) is 1. The summed E-state index contributed by atoms with van der Waals surface area (Å²) in [7, 11) is 0. The summed E-state index contributed by atoms with van der Waals surface area (Å²) in [5, 5.41) is 6.52. The van der Waals surface area contributed by atoms with Crippen LogP contribution in [0.2, 0.25) is 5.02 Å². The first-order valence-corrected chi connectivity index (χ1v) is 10.5. The van der Waals surface area contributed by atoms with E-state index in [-0.39, 0.29) is 18.4 Å². The molecule has 0 aliphatic carbocycles. The lowest BCUT2D eigenvalue weighted by Gasteiger charge is -2.17. The fraction of sp³-hybridized carbons (Fsp3) is 0.273. The SMILES string of the molecule is CCC(NC(=O)Cc1csc(COc2ccc(Cl)cc2)n1)c1ccc(C)cc1. The maximum atomic E-state index is 12.5. The van der Waals surface area contributed by atoms with Crippen molar-refractivity contribution in [1.29, 1.82) is 0 Å². The van der Waals surface area contributed by atoms with Crippen LogP contribution in [-0.2, 0) is 17.8 Å². The van der Waals surface area contributed by atoms with Crippen LogP contribution < -0.4 is 10.1 Å². The molecular formula is C22H23ClN2O2S. The molecular weight excluding hydrogens is 392 g/mol. The van der Waals surface area contributed by atoms with Crippen LogP contribution in [-0.4, -0.2) is 10.9 Å². The molecule has 1 aromatic heterocycles. The van der Waals surface area contributed by atoms with E-state index in [9.17, 15) is 4.79 Å². The molecule has 0 aliphatic rings. The number of amides is 1. The van der Waals surface area contributed by atoms with Gasteiger partial charge in [0.05, 0.1) is 18.2 Å². The van der Waals surface area contributed by atoms with E-state index in [1.807, 2.05) is 17.5 Å². The molecule has 3 aromatic rings. The molecule has 6 heteroatoms. The molecule has 28 heavy (non-hydrogen) atoms. The van der Waals surface area contributed by atoms with Gasteiger partial charge in [-0.25, -0.2) is 4.98 Å². The van der Waals surface area contributed by atoms with Crippen molar-refractivity contribution < 1.29 is 9.53 Å². The molecule has 1 atom stereocenters. The van der Waals surface area contributed by atoms with Crippen LogP contribution in [0.15, 0.2) is 53.9 Å². The molecule has 1 N–H and O–H groups in total. The first-order chi connectivity index (χ1) is 13.5. The molecule has 0 saturated heterocycles. The Labute approximate surface area is 174 Å². The number of nitrogens with one attached hydrogen (secondary N) is 1. The van der Waals surface area contributed by atoms with E-state index in [4.69, 9.17) is 16.3 Å². The third-order valence-electron chi connectivity index (χ3n) is 4.34. The second-order valence-corrected chi connectivity index (χ2v) is 7.97. The topological polar surface area (TPSA) is 51.2 Å². The summed E-state index contributed by atoms with van der Waals surface area (Å²) in [6.07, 6.45) is 1.10. The predicted molar refractivity (Wildman–Crippen MR) is 114 cm³/mol. The Hall–Kier alpha value is -2.37. The molecule has 0 fully saturated rings. The Bertz CT molecular complexity index is 907. The fourth-order valence-corrected chi connectivity index (χ4v) is 3.63. The maximum absolute atomic E-state index is 12.5. The van der Waals surface area contributed by atoms with Gasteiger partial charge in [0.1, 0.15) is 17.4 Å². The van der Waals surface area contributed by atoms with Crippen LogP contribution in [0.1, 0.15) is 41.2 Å². The van der Waals surface area contributed by atoms with E-state index in [0.717, 1.165) is 28.4 Å². The first-order valence-electron chi connectivity index (χ1n) is 9.21. The van der Waals surface area contributed by atoms with Gasteiger partial charge in [-0.1, -0.05) is 48.4 Å². The Morgan fingerprint density at radius 2 is 1.89 bits per heavy atom. The predicted octanol–water partition coefficient (Wildman–Crippen LogP) is 5.49. The zero-order valence-electron chi connectivity index (χ0n) is 15.9. The van der Waals surface area contributed by atoms with Gasteiger partial charge < -0.3 is 10.1 Å². The lowest BCUT2D eigenvalue weighted by molar-refractivity contribution is -0.121. The zero-order chi connectivity index (χ0) is 19.9. The fourth-order valence-electron chi connectivity index (χ4n) is 2.80. The Kier molecular flexibility index (Phi) is 7.06. The lowest BCUT2D eigenvalue weighted by Crippen LogP contribution is -2.29. The number of benzene rings is 2. The van der Waals surface area contributed by atoms with Crippen LogP contribution in [0.25, 0.3) is 0 Å². The minimum atomic E-state index is -0.0251. The molecule has 0 saturated carbocycles. The number of hydrogen-bond acceptors (Lipinski definition) is 4. The number of halogens is 1. The second-order valence-electron chi connectivity index (χ2n) is 6.59. The van der Waals surface area contributed by atoms with Crippen molar-refractivity contribution in [3.63, 3.8) is 0 Å². The minimum Gasteiger partial charge on any atom is -0.486 e. The monoisotopic (exact) mass is 414 g/mol. The van der Waals surface area contributed by atoms with Gasteiger partial charge in [0.15, 0.2) is 0 Å². The van der Waals surface area contributed by atoms with Crippen molar-refractivity contribution in [3.8, 4) is 5.75 Å². The highest BCUT2D eigenvalue weighted by atomic mass is 35.5. The van der Waals surface area contributed by atoms with Crippen LogP contribution in [0.5, 0.6) is 5.75 Å². The van der Waals surface area contributed by atoms with E-state index in [1.54, 1.807) is 12.1 Å². The van der Waals surface area contributed by atoms with Crippen molar-refractivity contribution in [2.24, 2.45) is 0 Å². The smallest absolute Gasteiger partial charge is 0.226 e. The third-order valence-corrected chi connectivity index (χ3v) is 5.46. The lowest BCUT2D eigenvalue weighted by atomic mass is 10.0. The van der Waals surface area contributed by atoms with Crippen LogP contribution in [0, 0.1) is 6.92 Å². The number of thiazole rings is 1. The summed E-state index contributed by atoms with van der Waals surface area (Å²) < 4.78 is 5.70. The van der Waals surface area contributed by atoms with Crippen molar-refractivity contribution in [1.82, 2.24) is 10.3 Å². The van der Waals surface area contributed by atoms with Gasteiger partial charge in [0.2, 0.25) is 5.91 Å². The Balaban J connectivity index is 1.52. The number of aryl methyl sites for hydroxylation is 1. The normalized spacial score (nSPS) is 11.8.